The van der Waals surface area contributed by atoms with Crippen molar-refractivity contribution < 1.29 is 14.1 Å². The highest BCUT2D eigenvalue weighted by molar-refractivity contribution is 7.90. The number of carbonyl (C=O) groups is 1. The zero-order chi connectivity index (χ0) is 20.4. The Hall–Kier alpha value is -1.31. The lowest BCUT2D eigenvalue weighted by Gasteiger charge is -2.30. The smallest absolute Gasteiger partial charge is 0.410 e. The Balaban J connectivity index is 2.16. The first-order valence-corrected chi connectivity index (χ1v) is 10.6. The van der Waals surface area contributed by atoms with E-state index >= 15 is 0 Å². The Morgan fingerprint density at radius 1 is 1.33 bits per heavy atom. The van der Waals surface area contributed by atoms with Gasteiger partial charge in [0.15, 0.2) is 0 Å². The second kappa shape index (κ2) is 8.37. The Morgan fingerprint density at radius 2 is 2.00 bits per heavy atom. The van der Waals surface area contributed by atoms with Crippen molar-refractivity contribution in [3.8, 4) is 0 Å². The molecule has 1 amide bonds. The number of carbonyl (C=O) groups excluding carboxylic acids is 1. The van der Waals surface area contributed by atoms with E-state index in [1.54, 1.807) is 4.90 Å². The first-order chi connectivity index (χ1) is 12.4. The van der Waals surface area contributed by atoms with Crippen LogP contribution in [0.15, 0.2) is 18.3 Å². The van der Waals surface area contributed by atoms with Crippen LogP contribution in [0.4, 0.5) is 4.79 Å². The van der Waals surface area contributed by atoms with Crippen molar-refractivity contribution in [2.24, 2.45) is 5.92 Å². The van der Waals surface area contributed by atoms with Crippen LogP contribution in [-0.4, -0.2) is 44.0 Å². The molecule has 1 fully saturated rings. The summed E-state index contributed by atoms with van der Waals surface area (Å²) in [6, 6.07) is 3.80. The molecule has 0 aromatic carbocycles. The van der Waals surface area contributed by atoms with Crippen LogP contribution in [0.2, 0.25) is 0 Å². The number of nitrogens with zero attached hydrogens (tertiary/aromatic N) is 2. The highest BCUT2D eigenvalue weighted by atomic mass is 32.2. The summed E-state index contributed by atoms with van der Waals surface area (Å²) in [5, 5.41) is 0. The van der Waals surface area contributed by atoms with Gasteiger partial charge in [0.2, 0.25) is 0 Å². The predicted octanol–water partition coefficient (Wildman–Crippen LogP) is 3.74. The van der Waals surface area contributed by atoms with E-state index in [2.05, 4.69) is 9.71 Å². The van der Waals surface area contributed by atoms with E-state index in [4.69, 9.17) is 4.74 Å². The normalized spacial score (nSPS) is 20.4. The average molecular weight is 396 g/mol. The van der Waals surface area contributed by atoms with Crippen molar-refractivity contribution in [1.82, 2.24) is 14.6 Å². The monoisotopic (exact) mass is 395 g/mol. The fourth-order valence-corrected chi connectivity index (χ4v) is 3.80. The lowest BCUT2D eigenvalue weighted by molar-refractivity contribution is 0.0286. The molecule has 1 aromatic rings. The summed E-state index contributed by atoms with van der Waals surface area (Å²) in [4.78, 5) is 18.7. The highest BCUT2D eigenvalue weighted by Gasteiger charge is 2.39. The van der Waals surface area contributed by atoms with E-state index in [0.717, 1.165) is 17.7 Å². The largest absolute Gasteiger partial charge is 0.598 e. The summed E-state index contributed by atoms with van der Waals surface area (Å²) >= 11 is -1.23. The maximum absolute atomic E-state index is 12.7. The molecule has 0 radical (unpaired) electrons. The number of hydrogen-bond acceptors (Lipinski definition) is 5. The summed E-state index contributed by atoms with van der Waals surface area (Å²) in [7, 11) is 0. The van der Waals surface area contributed by atoms with Crippen LogP contribution in [0.3, 0.4) is 0 Å². The number of ether oxygens (including phenoxy) is 1. The Bertz CT molecular complexity index is 637. The van der Waals surface area contributed by atoms with E-state index in [0.29, 0.717) is 13.1 Å². The quantitative estimate of drug-likeness (QED) is 0.786. The Kier molecular flexibility index (Phi) is 6.81. The number of rotatable bonds is 4. The van der Waals surface area contributed by atoms with Gasteiger partial charge in [-0.25, -0.2) is 4.79 Å². The molecule has 1 aliphatic heterocycles. The van der Waals surface area contributed by atoms with Gasteiger partial charge < -0.3 is 14.2 Å². The molecule has 2 heterocycles. The number of amides is 1. The fraction of sp³-hybridized carbons (Fsp3) is 0.700. The van der Waals surface area contributed by atoms with Gasteiger partial charge in [-0.1, -0.05) is 6.07 Å². The van der Waals surface area contributed by atoms with E-state index in [-0.39, 0.29) is 22.8 Å². The van der Waals surface area contributed by atoms with Crippen molar-refractivity contribution in [2.45, 2.75) is 71.3 Å². The molecule has 0 bridgehead atoms. The molecule has 27 heavy (non-hydrogen) atoms. The number of aromatic nitrogens is 1. The standard InChI is InChI=1S/C20H33N3O3S/c1-14-8-9-16(21-12-14)17(22-27(25)20(5,6)7)15-10-11-23(13-15)18(24)26-19(2,3)4/h8-9,12,15,17,22H,10-11,13H2,1-7H3/t15-,17?,27?/m0/s1. The van der Waals surface area contributed by atoms with Crippen LogP contribution in [0.5, 0.6) is 0 Å². The molecule has 0 spiro atoms. The van der Waals surface area contributed by atoms with Gasteiger partial charge in [-0.05, 0) is 66.5 Å². The fourth-order valence-electron chi connectivity index (χ4n) is 2.91. The molecular weight excluding hydrogens is 362 g/mol. The zero-order valence-corrected chi connectivity index (χ0v) is 18.4. The highest BCUT2D eigenvalue weighted by Crippen LogP contribution is 2.32. The summed E-state index contributed by atoms with van der Waals surface area (Å²) < 4.78 is 21.1. The third-order valence-electron chi connectivity index (χ3n) is 4.39. The molecule has 1 N–H and O–H groups in total. The molecule has 1 aromatic heterocycles. The van der Waals surface area contributed by atoms with Gasteiger partial charge in [0.05, 0.1) is 11.7 Å². The molecule has 0 saturated carbocycles. The number of aryl methyl sites for hydroxylation is 1. The molecule has 1 saturated heterocycles. The van der Waals surface area contributed by atoms with Crippen molar-refractivity contribution in [3.63, 3.8) is 0 Å². The average Bonchev–Trinajstić information content (AvgIpc) is 3.00. The molecule has 2 unspecified atom stereocenters. The van der Waals surface area contributed by atoms with Crippen LogP contribution in [0.1, 0.15) is 65.3 Å². The molecule has 0 aliphatic carbocycles. The molecule has 7 heteroatoms. The topological polar surface area (TPSA) is 77.5 Å². The van der Waals surface area contributed by atoms with Crippen LogP contribution < -0.4 is 4.72 Å². The number of nitrogens with one attached hydrogen (secondary N) is 1. The summed E-state index contributed by atoms with van der Waals surface area (Å²) in [5.41, 5.74) is 1.42. The van der Waals surface area contributed by atoms with E-state index in [1.807, 2.05) is 66.8 Å². The Morgan fingerprint density at radius 3 is 2.52 bits per heavy atom. The number of likely N-dealkylation sites (tertiary alicyclic amines) is 1. The zero-order valence-electron chi connectivity index (χ0n) is 17.5. The van der Waals surface area contributed by atoms with E-state index < -0.39 is 17.0 Å². The number of hydrogen-bond donors (Lipinski definition) is 1. The van der Waals surface area contributed by atoms with Gasteiger partial charge in [-0.3, -0.25) is 4.98 Å². The van der Waals surface area contributed by atoms with Gasteiger partial charge >= 0.3 is 6.09 Å². The lowest BCUT2D eigenvalue weighted by atomic mass is 9.96. The number of pyridine rings is 1. The van der Waals surface area contributed by atoms with Crippen LogP contribution in [-0.2, 0) is 16.1 Å². The summed E-state index contributed by atoms with van der Waals surface area (Å²) in [5.74, 6) is 0.124. The first-order valence-electron chi connectivity index (χ1n) is 9.45. The SMILES string of the molecule is Cc1ccc(C(N[S+]([O-])C(C)(C)C)[C@H]2CCN(C(=O)OC(C)(C)C)C2)nc1. The summed E-state index contributed by atoms with van der Waals surface area (Å²) in [6.45, 7) is 14.6. The maximum atomic E-state index is 12.7. The third-order valence-corrected chi connectivity index (χ3v) is 5.97. The Labute approximate surface area is 166 Å². The lowest BCUT2D eigenvalue weighted by Crippen LogP contribution is -2.44. The van der Waals surface area contributed by atoms with Crippen LogP contribution in [0, 0.1) is 12.8 Å². The van der Waals surface area contributed by atoms with Crippen LogP contribution in [0.25, 0.3) is 0 Å². The maximum Gasteiger partial charge on any atom is 0.410 e. The van der Waals surface area contributed by atoms with Crippen molar-refractivity contribution in [2.75, 3.05) is 13.1 Å². The molecule has 3 atom stereocenters. The third kappa shape index (κ3) is 6.36. The van der Waals surface area contributed by atoms with Gasteiger partial charge in [0.25, 0.3) is 0 Å². The van der Waals surface area contributed by atoms with Crippen molar-refractivity contribution in [3.05, 3.63) is 29.6 Å². The molecule has 1 aliphatic rings. The van der Waals surface area contributed by atoms with Gasteiger partial charge in [0.1, 0.15) is 10.3 Å². The summed E-state index contributed by atoms with van der Waals surface area (Å²) in [6.07, 6.45) is 2.34. The van der Waals surface area contributed by atoms with E-state index in [1.165, 1.54) is 0 Å². The second-order valence-electron chi connectivity index (χ2n) is 9.21. The molecule has 2 rings (SSSR count). The second-order valence-corrected chi connectivity index (χ2v) is 11.2. The minimum Gasteiger partial charge on any atom is -0.598 e. The first kappa shape index (κ1) is 22.0. The molecular formula is C20H33N3O3S. The van der Waals surface area contributed by atoms with Crippen LogP contribution >= 0.6 is 0 Å². The van der Waals surface area contributed by atoms with E-state index in [9.17, 15) is 9.35 Å². The van der Waals surface area contributed by atoms with Gasteiger partial charge in [-0.15, -0.1) is 4.72 Å². The molecule has 6 nitrogen and oxygen atoms in total. The minimum absolute atomic E-state index is 0.124. The van der Waals surface area contributed by atoms with Crippen molar-refractivity contribution >= 4 is 17.5 Å². The van der Waals surface area contributed by atoms with Gasteiger partial charge in [-0.2, -0.15) is 0 Å². The minimum atomic E-state index is -1.23. The molecule has 152 valence electrons. The van der Waals surface area contributed by atoms with Gasteiger partial charge in [0, 0.05) is 36.6 Å². The van der Waals surface area contributed by atoms with Crippen molar-refractivity contribution in [1.29, 1.82) is 0 Å². The predicted molar refractivity (Wildman–Crippen MR) is 109 cm³/mol.